The van der Waals surface area contributed by atoms with E-state index >= 15 is 0 Å². The lowest BCUT2D eigenvalue weighted by Crippen LogP contribution is -1.99. The molecule has 0 bridgehead atoms. The summed E-state index contributed by atoms with van der Waals surface area (Å²) < 4.78 is 28.1. The molecule has 1 aromatic carbocycles. The van der Waals surface area contributed by atoms with E-state index in [0.717, 1.165) is 0 Å². The van der Waals surface area contributed by atoms with Crippen molar-refractivity contribution >= 4 is 21.6 Å². The van der Waals surface area contributed by atoms with Crippen LogP contribution in [0.1, 0.15) is 0 Å². The maximum absolute atomic E-state index is 13.8. The van der Waals surface area contributed by atoms with Crippen LogP contribution < -0.4 is 5.73 Å². The molecule has 0 saturated carbocycles. The Morgan fingerprint density at radius 1 is 1.38 bits per heavy atom. The van der Waals surface area contributed by atoms with Crippen LogP contribution in [0, 0.1) is 11.6 Å². The van der Waals surface area contributed by atoms with Crippen molar-refractivity contribution in [3.63, 3.8) is 0 Å². The third-order valence-corrected chi connectivity index (χ3v) is 2.98. The second kappa shape index (κ2) is 3.86. The Bertz CT molecular complexity index is 532. The molecule has 0 atom stereocenters. The highest BCUT2D eigenvalue weighted by atomic mass is 79.9. The molecule has 6 heteroatoms. The van der Waals surface area contributed by atoms with E-state index in [-0.39, 0.29) is 10.0 Å². The largest absolute Gasteiger partial charge is 0.396 e. The molecule has 1 aromatic heterocycles. The number of rotatable bonds is 1. The Morgan fingerprint density at radius 2 is 2.06 bits per heavy atom. The second-order valence-corrected chi connectivity index (χ2v) is 4.09. The lowest BCUT2D eigenvalue weighted by atomic mass is 10.1. The van der Waals surface area contributed by atoms with Crippen LogP contribution in [0.15, 0.2) is 22.8 Å². The predicted molar refractivity (Wildman–Crippen MR) is 60.7 cm³/mol. The molecule has 16 heavy (non-hydrogen) atoms. The van der Waals surface area contributed by atoms with E-state index in [4.69, 9.17) is 5.73 Å². The summed E-state index contributed by atoms with van der Waals surface area (Å²) >= 11 is 2.84. The van der Waals surface area contributed by atoms with Crippen molar-refractivity contribution in [3.05, 3.63) is 34.4 Å². The highest BCUT2D eigenvalue weighted by Gasteiger charge is 2.17. The molecule has 2 aromatic rings. The number of aromatic nitrogens is 2. The summed E-state index contributed by atoms with van der Waals surface area (Å²) in [6.45, 7) is 0. The minimum atomic E-state index is -0.685. The monoisotopic (exact) mass is 287 g/mol. The molecule has 2 N–H and O–H groups in total. The highest BCUT2D eigenvalue weighted by Crippen LogP contribution is 2.32. The lowest BCUT2D eigenvalue weighted by Gasteiger charge is -2.07. The zero-order chi connectivity index (χ0) is 11.9. The molecule has 1 heterocycles. The number of nitrogens with two attached hydrogens (primary N) is 1. The van der Waals surface area contributed by atoms with Gasteiger partial charge in [-0.05, 0) is 28.1 Å². The fourth-order valence-corrected chi connectivity index (χ4v) is 1.84. The van der Waals surface area contributed by atoms with Crippen LogP contribution in [-0.4, -0.2) is 9.78 Å². The average molecular weight is 288 g/mol. The van der Waals surface area contributed by atoms with E-state index in [1.165, 1.54) is 23.0 Å². The van der Waals surface area contributed by atoms with Gasteiger partial charge in [-0.25, -0.2) is 8.78 Å². The molecule has 0 saturated heterocycles. The first kappa shape index (κ1) is 11.1. The number of anilines is 1. The Morgan fingerprint density at radius 3 is 2.62 bits per heavy atom. The first-order valence-corrected chi connectivity index (χ1v) is 5.23. The third-order valence-electron chi connectivity index (χ3n) is 2.26. The van der Waals surface area contributed by atoms with E-state index in [1.54, 1.807) is 7.05 Å². The van der Waals surface area contributed by atoms with Crippen molar-refractivity contribution in [2.45, 2.75) is 0 Å². The molecular weight excluding hydrogens is 280 g/mol. The van der Waals surface area contributed by atoms with Gasteiger partial charge in [0.15, 0.2) is 0 Å². The molecule has 0 aliphatic rings. The molecule has 3 nitrogen and oxygen atoms in total. The molecule has 2 rings (SSSR count). The molecule has 0 amide bonds. The quantitative estimate of drug-likeness (QED) is 0.820. The van der Waals surface area contributed by atoms with Gasteiger partial charge in [0.25, 0.3) is 0 Å². The van der Waals surface area contributed by atoms with Gasteiger partial charge >= 0.3 is 0 Å². The minimum Gasteiger partial charge on any atom is -0.396 e. The number of nitrogens with zero attached hydrogens (tertiary/aromatic N) is 2. The van der Waals surface area contributed by atoms with Crippen LogP contribution in [0.25, 0.3) is 11.3 Å². The van der Waals surface area contributed by atoms with Gasteiger partial charge < -0.3 is 5.73 Å². The SMILES string of the molecule is Cn1ncc(N)c1-c1ccc(F)c(Br)c1F. The zero-order valence-electron chi connectivity index (χ0n) is 8.34. The fraction of sp³-hybridized carbons (Fsp3) is 0.100. The van der Waals surface area contributed by atoms with Crippen LogP contribution in [0.4, 0.5) is 14.5 Å². The minimum absolute atomic E-state index is 0.203. The van der Waals surface area contributed by atoms with Crippen molar-refractivity contribution < 1.29 is 8.78 Å². The highest BCUT2D eigenvalue weighted by molar-refractivity contribution is 9.10. The van der Waals surface area contributed by atoms with Crippen LogP contribution in [0.5, 0.6) is 0 Å². The van der Waals surface area contributed by atoms with E-state index in [9.17, 15) is 8.78 Å². The van der Waals surface area contributed by atoms with E-state index in [2.05, 4.69) is 21.0 Å². The maximum Gasteiger partial charge on any atom is 0.149 e. The fourth-order valence-electron chi connectivity index (χ4n) is 1.49. The van der Waals surface area contributed by atoms with Crippen molar-refractivity contribution in [1.29, 1.82) is 0 Å². The third kappa shape index (κ3) is 1.59. The number of hydrogen-bond acceptors (Lipinski definition) is 2. The van der Waals surface area contributed by atoms with Crippen LogP contribution >= 0.6 is 15.9 Å². The van der Waals surface area contributed by atoms with Crippen LogP contribution in [-0.2, 0) is 7.05 Å². The van der Waals surface area contributed by atoms with Crippen molar-refractivity contribution in [3.8, 4) is 11.3 Å². The molecule has 0 unspecified atom stereocenters. The molecular formula is C10H8BrF2N3. The van der Waals surface area contributed by atoms with Gasteiger partial charge in [-0.15, -0.1) is 0 Å². The summed E-state index contributed by atoms with van der Waals surface area (Å²) in [5.74, 6) is -1.34. The van der Waals surface area contributed by atoms with E-state index in [0.29, 0.717) is 11.4 Å². The summed E-state index contributed by atoms with van der Waals surface area (Å²) in [6, 6.07) is 2.51. The second-order valence-electron chi connectivity index (χ2n) is 3.30. The summed E-state index contributed by atoms with van der Waals surface area (Å²) in [6.07, 6.45) is 1.42. The van der Waals surface area contributed by atoms with Gasteiger partial charge in [-0.3, -0.25) is 4.68 Å². The molecule has 0 fully saturated rings. The molecule has 0 aliphatic carbocycles. The smallest absolute Gasteiger partial charge is 0.149 e. The average Bonchev–Trinajstić information content (AvgIpc) is 2.57. The van der Waals surface area contributed by atoms with Gasteiger partial charge in [0.05, 0.1) is 22.1 Å². The summed E-state index contributed by atoms with van der Waals surface area (Å²) in [7, 11) is 1.64. The summed E-state index contributed by atoms with van der Waals surface area (Å²) in [4.78, 5) is 0. The normalized spacial score (nSPS) is 10.8. The first-order valence-electron chi connectivity index (χ1n) is 4.43. The summed E-state index contributed by atoms with van der Waals surface area (Å²) in [5.41, 5.74) is 6.66. The molecule has 0 aliphatic heterocycles. The Hall–Kier alpha value is -1.43. The maximum atomic E-state index is 13.8. The first-order chi connectivity index (χ1) is 7.52. The molecule has 0 radical (unpaired) electrons. The lowest BCUT2D eigenvalue weighted by molar-refractivity contribution is 0.573. The Balaban J connectivity index is 2.71. The number of aryl methyl sites for hydroxylation is 1. The number of benzene rings is 1. The Labute approximate surface area is 99.0 Å². The van der Waals surface area contributed by atoms with Crippen LogP contribution in [0.2, 0.25) is 0 Å². The number of nitrogen functional groups attached to an aromatic ring is 1. The zero-order valence-corrected chi connectivity index (χ0v) is 9.92. The van der Waals surface area contributed by atoms with Crippen molar-refractivity contribution in [1.82, 2.24) is 9.78 Å². The topological polar surface area (TPSA) is 43.8 Å². The Kier molecular flexibility index (Phi) is 2.67. The van der Waals surface area contributed by atoms with Crippen LogP contribution in [0.3, 0.4) is 0 Å². The van der Waals surface area contributed by atoms with E-state index in [1.807, 2.05) is 0 Å². The van der Waals surface area contributed by atoms with Gasteiger partial charge in [-0.2, -0.15) is 5.10 Å². The van der Waals surface area contributed by atoms with Gasteiger partial charge in [0.2, 0.25) is 0 Å². The van der Waals surface area contributed by atoms with E-state index < -0.39 is 11.6 Å². The van der Waals surface area contributed by atoms with Gasteiger partial charge in [0, 0.05) is 12.6 Å². The molecule has 0 spiro atoms. The number of halogens is 3. The molecule has 84 valence electrons. The van der Waals surface area contributed by atoms with Crippen molar-refractivity contribution in [2.24, 2.45) is 7.05 Å². The standard InChI is InChI=1S/C10H8BrF2N3/c1-16-10(7(14)4-15-16)5-2-3-6(12)8(11)9(5)13/h2-4H,14H2,1H3. The number of hydrogen-bond donors (Lipinski definition) is 1. The van der Waals surface area contributed by atoms with Crippen molar-refractivity contribution in [2.75, 3.05) is 5.73 Å². The predicted octanol–water partition coefficient (Wildman–Crippen LogP) is 2.71. The summed E-state index contributed by atoms with van der Waals surface area (Å²) in [5, 5.41) is 3.90. The van der Waals surface area contributed by atoms with Gasteiger partial charge in [0.1, 0.15) is 11.6 Å². The van der Waals surface area contributed by atoms with Gasteiger partial charge in [-0.1, -0.05) is 0 Å².